The topological polar surface area (TPSA) is 87.7 Å². The molecule has 2 N–H and O–H groups in total. The Kier molecular flexibility index (Phi) is 5.47. The van der Waals surface area contributed by atoms with Gasteiger partial charge < -0.3 is 5.32 Å². The Balaban J connectivity index is 1.62. The first-order valence-corrected chi connectivity index (χ1v) is 8.69. The Morgan fingerprint density at radius 1 is 1.08 bits per heavy atom. The molecule has 0 fully saturated rings. The summed E-state index contributed by atoms with van der Waals surface area (Å²) in [5, 5.41) is 11.5. The monoisotopic (exact) mass is 372 g/mol. The molecule has 1 aromatic heterocycles. The number of nitrogens with one attached hydrogen (secondary N) is 2. The van der Waals surface area contributed by atoms with Crippen LogP contribution in [0.1, 0.15) is 0 Å². The zero-order valence-electron chi connectivity index (χ0n) is 12.9. The van der Waals surface area contributed by atoms with Gasteiger partial charge in [-0.05, 0) is 24.3 Å². The smallest absolute Gasteiger partial charge is 0.278 e. The van der Waals surface area contributed by atoms with Crippen LogP contribution in [0.25, 0.3) is 11.3 Å². The van der Waals surface area contributed by atoms with Gasteiger partial charge in [-0.25, -0.2) is 0 Å². The predicted molar refractivity (Wildman–Crippen MR) is 98.9 cm³/mol. The zero-order chi connectivity index (χ0) is 17.6. The number of carbonyl (C=O) groups is 1. The lowest BCUT2D eigenvalue weighted by Crippen LogP contribution is -2.17. The van der Waals surface area contributed by atoms with E-state index in [-0.39, 0.29) is 28.1 Å². The van der Waals surface area contributed by atoms with Crippen molar-refractivity contribution in [1.29, 1.82) is 0 Å². The van der Waals surface area contributed by atoms with Gasteiger partial charge in [-0.3, -0.25) is 14.6 Å². The molecule has 3 rings (SSSR count). The van der Waals surface area contributed by atoms with Crippen LogP contribution in [0.4, 0.5) is 5.69 Å². The molecule has 0 saturated carbocycles. The van der Waals surface area contributed by atoms with Gasteiger partial charge in [0.2, 0.25) is 5.91 Å². The van der Waals surface area contributed by atoms with Crippen LogP contribution < -0.4 is 10.9 Å². The molecule has 1 heterocycles. The second-order valence-corrected chi connectivity index (χ2v) is 6.42. The van der Waals surface area contributed by atoms with Crippen LogP contribution in [0.2, 0.25) is 5.02 Å². The maximum Gasteiger partial charge on any atom is 0.278 e. The Bertz CT molecular complexity index is 929. The number of nitrogens with zero attached hydrogens (tertiary/aromatic N) is 2. The summed E-state index contributed by atoms with van der Waals surface area (Å²) in [5.74, 6) is -0.125. The third kappa shape index (κ3) is 4.68. The van der Waals surface area contributed by atoms with Crippen molar-refractivity contribution in [3.05, 3.63) is 70.0 Å². The van der Waals surface area contributed by atoms with Gasteiger partial charge in [0.15, 0.2) is 10.9 Å². The number of amides is 1. The van der Waals surface area contributed by atoms with Crippen LogP contribution in [0, 0.1) is 0 Å². The van der Waals surface area contributed by atoms with Crippen molar-refractivity contribution in [2.24, 2.45) is 0 Å². The molecule has 0 atom stereocenters. The number of hydrogen-bond acceptors (Lipinski definition) is 5. The van der Waals surface area contributed by atoms with E-state index in [0.29, 0.717) is 16.3 Å². The van der Waals surface area contributed by atoms with E-state index in [0.717, 1.165) is 11.8 Å². The molecular formula is C17H13ClN4O2S. The molecular weight excluding hydrogens is 360 g/mol. The first-order chi connectivity index (χ1) is 12.1. The van der Waals surface area contributed by atoms with E-state index in [2.05, 4.69) is 20.5 Å². The SMILES string of the molecule is O=C(CSc1nnc(-c2ccccc2)c(=O)[nH]1)Nc1ccc(Cl)cc1. The number of carbonyl (C=O) groups excluding carboxylic acids is 1. The number of anilines is 1. The lowest BCUT2D eigenvalue weighted by molar-refractivity contribution is -0.113. The molecule has 2 aromatic carbocycles. The van der Waals surface area contributed by atoms with Gasteiger partial charge in [-0.15, -0.1) is 10.2 Å². The Morgan fingerprint density at radius 2 is 1.80 bits per heavy atom. The number of thioether (sulfide) groups is 1. The molecule has 0 bridgehead atoms. The molecule has 3 aromatic rings. The fourth-order valence-corrected chi connectivity index (χ4v) is 2.77. The summed E-state index contributed by atoms with van der Waals surface area (Å²) in [7, 11) is 0. The number of aromatic amines is 1. The third-order valence-electron chi connectivity index (χ3n) is 3.19. The van der Waals surface area contributed by atoms with Crippen molar-refractivity contribution in [2.45, 2.75) is 5.16 Å². The summed E-state index contributed by atoms with van der Waals surface area (Å²) < 4.78 is 0. The van der Waals surface area contributed by atoms with Crippen LogP contribution in [0.5, 0.6) is 0 Å². The summed E-state index contributed by atoms with van der Waals surface area (Å²) >= 11 is 6.90. The summed E-state index contributed by atoms with van der Waals surface area (Å²) in [4.78, 5) is 26.7. The average molecular weight is 373 g/mol. The molecule has 0 unspecified atom stereocenters. The van der Waals surface area contributed by atoms with Crippen molar-refractivity contribution >= 4 is 35.0 Å². The zero-order valence-corrected chi connectivity index (χ0v) is 14.5. The molecule has 0 aliphatic carbocycles. The van der Waals surface area contributed by atoms with E-state index in [1.54, 1.807) is 36.4 Å². The van der Waals surface area contributed by atoms with E-state index in [1.165, 1.54) is 0 Å². The third-order valence-corrected chi connectivity index (χ3v) is 4.31. The number of hydrogen-bond donors (Lipinski definition) is 2. The molecule has 0 radical (unpaired) electrons. The minimum Gasteiger partial charge on any atom is -0.325 e. The highest BCUT2D eigenvalue weighted by molar-refractivity contribution is 7.99. The van der Waals surface area contributed by atoms with Crippen molar-refractivity contribution in [3.8, 4) is 11.3 Å². The number of halogens is 1. The van der Waals surface area contributed by atoms with Crippen LogP contribution >= 0.6 is 23.4 Å². The Hall–Kier alpha value is -2.64. The maximum absolute atomic E-state index is 12.1. The minimum absolute atomic E-state index is 0.0952. The van der Waals surface area contributed by atoms with Gasteiger partial charge in [0, 0.05) is 16.3 Å². The molecule has 0 aliphatic heterocycles. The summed E-state index contributed by atoms with van der Waals surface area (Å²) in [6.45, 7) is 0. The molecule has 25 heavy (non-hydrogen) atoms. The van der Waals surface area contributed by atoms with Crippen LogP contribution in [-0.2, 0) is 4.79 Å². The fraction of sp³-hybridized carbons (Fsp3) is 0.0588. The van der Waals surface area contributed by atoms with Crippen LogP contribution in [-0.4, -0.2) is 26.8 Å². The van der Waals surface area contributed by atoms with Gasteiger partial charge in [0.1, 0.15) is 0 Å². The van der Waals surface area contributed by atoms with Gasteiger partial charge in [-0.2, -0.15) is 0 Å². The molecule has 0 aliphatic rings. The normalized spacial score (nSPS) is 10.4. The van der Waals surface area contributed by atoms with Crippen LogP contribution in [0.3, 0.4) is 0 Å². The van der Waals surface area contributed by atoms with Gasteiger partial charge in [0.05, 0.1) is 5.75 Å². The van der Waals surface area contributed by atoms with E-state index in [1.807, 2.05) is 18.2 Å². The lowest BCUT2D eigenvalue weighted by Gasteiger charge is -2.05. The quantitative estimate of drug-likeness (QED) is 0.671. The first kappa shape index (κ1) is 17.2. The molecule has 0 saturated heterocycles. The lowest BCUT2D eigenvalue weighted by atomic mass is 10.2. The summed E-state index contributed by atoms with van der Waals surface area (Å²) in [6.07, 6.45) is 0. The largest absolute Gasteiger partial charge is 0.325 e. The molecule has 6 nitrogen and oxygen atoms in total. The van der Waals surface area contributed by atoms with Gasteiger partial charge in [-0.1, -0.05) is 53.7 Å². The van der Waals surface area contributed by atoms with Crippen molar-refractivity contribution in [2.75, 3.05) is 11.1 Å². The summed E-state index contributed by atoms with van der Waals surface area (Å²) in [5.41, 5.74) is 1.24. The first-order valence-electron chi connectivity index (χ1n) is 7.32. The van der Waals surface area contributed by atoms with Crippen molar-refractivity contribution in [3.63, 3.8) is 0 Å². The molecule has 8 heteroatoms. The number of rotatable bonds is 5. The summed E-state index contributed by atoms with van der Waals surface area (Å²) in [6, 6.07) is 15.9. The van der Waals surface area contributed by atoms with E-state index in [9.17, 15) is 9.59 Å². The minimum atomic E-state index is -0.346. The standard InChI is InChI=1S/C17H13ClN4O2S/c18-12-6-8-13(9-7-12)19-14(23)10-25-17-20-16(24)15(21-22-17)11-4-2-1-3-5-11/h1-9H,10H2,(H,19,23)(H,20,22,24). The van der Waals surface area contributed by atoms with Crippen LogP contribution in [0.15, 0.2) is 64.5 Å². The Morgan fingerprint density at radius 3 is 2.48 bits per heavy atom. The number of benzene rings is 2. The van der Waals surface area contributed by atoms with E-state index in [4.69, 9.17) is 11.6 Å². The van der Waals surface area contributed by atoms with E-state index < -0.39 is 0 Å². The molecule has 126 valence electrons. The maximum atomic E-state index is 12.1. The van der Waals surface area contributed by atoms with E-state index >= 15 is 0 Å². The predicted octanol–water partition coefficient (Wildman–Crippen LogP) is 3.22. The Labute approximate surface area is 152 Å². The molecule has 0 spiro atoms. The second kappa shape index (κ2) is 7.96. The van der Waals surface area contributed by atoms with Gasteiger partial charge in [0.25, 0.3) is 5.56 Å². The van der Waals surface area contributed by atoms with Gasteiger partial charge >= 0.3 is 0 Å². The number of H-pyrrole nitrogens is 1. The average Bonchev–Trinajstić information content (AvgIpc) is 2.63. The highest BCUT2D eigenvalue weighted by Crippen LogP contribution is 2.16. The molecule has 1 amide bonds. The van der Waals surface area contributed by atoms with Crippen molar-refractivity contribution in [1.82, 2.24) is 15.2 Å². The fourth-order valence-electron chi connectivity index (χ4n) is 2.04. The highest BCUT2D eigenvalue weighted by atomic mass is 35.5. The highest BCUT2D eigenvalue weighted by Gasteiger charge is 2.09. The second-order valence-electron chi connectivity index (χ2n) is 5.02. The van der Waals surface area contributed by atoms with Crippen molar-refractivity contribution < 1.29 is 4.79 Å². The number of aromatic nitrogens is 3.